The first kappa shape index (κ1) is 14.1. The Morgan fingerprint density at radius 2 is 1.95 bits per heavy atom. The highest BCUT2D eigenvalue weighted by molar-refractivity contribution is 9.10. The van der Waals surface area contributed by atoms with Gasteiger partial charge in [0.25, 0.3) is 0 Å². The summed E-state index contributed by atoms with van der Waals surface area (Å²) in [6, 6.07) is 5.74. The first-order chi connectivity index (χ1) is 10.1. The van der Waals surface area contributed by atoms with Crippen LogP contribution in [0.15, 0.2) is 22.7 Å². The number of halogens is 1. The molecular weight excluding hydrogens is 334 g/mol. The molecule has 0 saturated carbocycles. The Bertz CT molecular complexity index is 689. The number of anilines is 1. The van der Waals surface area contributed by atoms with Gasteiger partial charge in [-0.1, -0.05) is 13.8 Å². The van der Waals surface area contributed by atoms with Crippen molar-refractivity contribution < 1.29 is 9.47 Å². The molecule has 0 spiro atoms. The Kier molecular flexibility index (Phi) is 3.71. The maximum Gasteiger partial charge on any atom is 0.231 e. The van der Waals surface area contributed by atoms with Gasteiger partial charge in [0.05, 0.1) is 10.2 Å². The number of nitrogens with zero attached hydrogens (tertiary/aromatic N) is 2. The Morgan fingerprint density at radius 1 is 1.19 bits per heavy atom. The Morgan fingerprint density at radius 3 is 2.67 bits per heavy atom. The van der Waals surface area contributed by atoms with Gasteiger partial charge in [-0.3, -0.25) is 0 Å². The van der Waals surface area contributed by atoms with Gasteiger partial charge in [0.1, 0.15) is 5.82 Å². The maximum atomic E-state index is 5.42. The molecule has 1 aliphatic rings. The minimum Gasteiger partial charge on any atom is -0.454 e. The van der Waals surface area contributed by atoms with E-state index in [1.807, 2.05) is 25.2 Å². The summed E-state index contributed by atoms with van der Waals surface area (Å²) < 4.78 is 11.7. The quantitative estimate of drug-likeness (QED) is 0.913. The van der Waals surface area contributed by atoms with Crippen LogP contribution in [-0.4, -0.2) is 23.8 Å². The Hall–Kier alpha value is -1.82. The predicted molar refractivity (Wildman–Crippen MR) is 84.9 cm³/mol. The van der Waals surface area contributed by atoms with Crippen LogP contribution in [0.3, 0.4) is 0 Å². The van der Waals surface area contributed by atoms with E-state index >= 15 is 0 Å². The summed E-state index contributed by atoms with van der Waals surface area (Å²) >= 11 is 3.57. The minimum absolute atomic E-state index is 0.263. The van der Waals surface area contributed by atoms with E-state index in [1.54, 1.807) is 0 Å². The molecule has 1 N–H and O–H groups in total. The van der Waals surface area contributed by atoms with E-state index in [4.69, 9.17) is 9.47 Å². The Balaban J connectivity index is 2.11. The lowest BCUT2D eigenvalue weighted by molar-refractivity contribution is 0.174. The van der Waals surface area contributed by atoms with Gasteiger partial charge in [-0.2, -0.15) is 0 Å². The van der Waals surface area contributed by atoms with Gasteiger partial charge in [0.15, 0.2) is 17.3 Å². The molecule has 0 unspecified atom stereocenters. The monoisotopic (exact) mass is 349 g/mol. The highest BCUT2D eigenvalue weighted by atomic mass is 79.9. The van der Waals surface area contributed by atoms with Crippen molar-refractivity contribution in [3.8, 4) is 22.9 Å². The third-order valence-electron chi connectivity index (χ3n) is 3.29. The van der Waals surface area contributed by atoms with Gasteiger partial charge in [-0.05, 0) is 40.0 Å². The number of benzene rings is 1. The van der Waals surface area contributed by atoms with Crippen LogP contribution in [-0.2, 0) is 0 Å². The molecule has 1 aromatic heterocycles. The van der Waals surface area contributed by atoms with Crippen molar-refractivity contribution in [3.05, 3.63) is 28.4 Å². The number of ether oxygens (including phenoxy) is 2. The maximum absolute atomic E-state index is 5.42. The SMILES string of the molecule is CNc1nc(-c2ccc3c(c2)OCO3)nc(C(C)C)c1Br. The molecular formula is C15H16BrN3O2. The molecule has 2 aromatic rings. The molecule has 0 bridgehead atoms. The zero-order chi connectivity index (χ0) is 15.0. The standard InChI is InChI=1S/C15H16BrN3O2/c1-8(2)13-12(16)15(17-3)19-14(18-13)9-4-5-10-11(6-9)21-7-20-10/h4-6,8H,7H2,1-3H3,(H,17,18,19). The zero-order valence-corrected chi connectivity index (χ0v) is 13.7. The lowest BCUT2D eigenvalue weighted by Gasteiger charge is -2.13. The van der Waals surface area contributed by atoms with Crippen molar-refractivity contribution in [2.75, 3.05) is 19.2 Å². The number of hydrogen-bond donors (Lipinski definition) is 1. The molecule has 1 aromatic carbocycles. The fourth-order valence-corrected chi connectivity index (χ4v) is 3.01. The number of nitrogens with one attached hydrogen (secondary N) is 1. The van der Waals surface area contributed by atoms with E-state index in [1.165, 1.54) is 0 Å². The summed E-state index contributed by atoms with van der Waals surface area (Å²) in [5.41, 5.74) is 1.88. The lowest BCUT2D eigenvalue weighted by Crippen LogP contribution is -2.04. The van der Waals surface area contributed by atoms with E-state index in [0.29, 0.717) is 11.7 Å². The number of fused-ring (bicyclic) bond motifs is 1. The van der Waals surface area contributed by atoms with Crippen molar-refractivity contribution in [2.45, 2.75) is 19.8 Å². The summed E-state index contributed by atoms with van der Waals surface area (Å²) in [7, 11) is 1.85. The predicted octanol–water partition coefficient (Wildman–Crippen LogP) is 3.80. The fraction of sp³-hybridized carbons (Fsp3) is 0.333. The number of rotatable bonds is 3. The molecule has 0 fully saturated rings. The third-order valence-corrected chi connectivity index (χ3v) is 4.07. The van der Waals surface area contributed by atoms with Crippen molar-refractivity contribution in [1.82, 2.24) is 9.97 Å². The lowest BCUT2D eigenvalue weighted by atomic mass is 10.1. The van der Waals surface area contributed by atoms with Gasteiger partial charge in [-0.25, -0.2) is 9.97 Å². The molecule has 0 amide bonds. The smallest absolute Gasteiger partial charge is 0.231 e. The first-order valence-electron chi connectivity index (χ1n) is 6.75. The second-order valence-electron chi connectivity index (χ2n) is 5.07. The first-order valence-corrected chi connectivity index (χ1v) is 7.54. The van der Waals surface area contributed by atoms with Crippen molar-refractivity contribution in [3.63, 3.8) is 0 Å². The molecule has 3 rings (SSSR count). The van der Waals surface area contributed by atoms with Crippen LogP contribution in [0.2, 0.25) is 0 Å². The van der Waals surface area contributed by atoms with E-state index < -0.39 is 0 Å². The molecule has 21 heavy (non-hydrogen) atoms. The summed E-state index contributed by atoms with van der Waals surface area (Å²) in [5, 5.41) is 3.10. The van der Waals surface area contributed by atoms with E-state index in [9.17, 15) is 0 Å². The summed E-state index contributed by atoms with van der Waals surface area (Å²) in [6.45, 7) is 4.48. The van der Waals surface area contributed by atoms with Gasteiger partial charge in [-0.15, -0.1) is 0 Å². The van der Waals surface area contributed by atoms with E-state index in [0.717, 1.165) is 33.0 Å². The zero-order valence-electron chi connectivity index (χ0n) is 12.1. The summed E-state index contributed by atoms with van der Waals surface area (Å²) in [5.74, 6) is 3.23. The summed E-state index contributed by atoms with van der Waals surface area (Å²) in [6.07, 6.45) is 0. The molecule has 0 atom stereocenters. The van der Waals surface area contributed by atoms with Crippen LogP contribution in [0.1, 0.15) is 25.5 Å². The van der Waals surface area contributed by atoms with Crippen LogP contribution in [0.25, 0.3) is 11.4 Å². The molecule has 6 heteroatoms. The third kappa shape index (κ3) is 2.55. The molecule has 2 heterocycles. The largest absolute Gasteiger partial charge is 0.454 e. The molecule has 0 saturated heterocycles. The van der Waals surface area contributed by atoms with E-state index in [2.05, 4.69) is 45.1 Å². The number of aromatic nitrogens is 2. The van der Waals surface area contributed by atoms with Crippen molar-refractivity contribution in [2.24, 2.45) is 0 Å². The van der Waals surface area contributed by atoms with Crippen molar-refractivity contribution in [1.29, 1.82) is 0 Å². The second kappa shape index (κ2) is 5.52. The molecule has 0 radical (unpaired) electrons. The van der Waals surface area contributed by atoms with E-state index in [-0.39, 0.29) is 6.79 Å². The highest BCUT2D eigenvalue weighted by Crippen LogP contribution is 2.37. The topological polar surface area (TPSA) is 56.3 Å². The van der Waals surface area contributed by atoms with Gasteiger partial charge < -0.3 is 14.8 Å². The molecule has 1 aliphatic heterocycles. The van der Waals surface area contributed by atoms with Gasteiger partial charge >= 0.3 is 0 Å². The summed E-state index contributed by atoms with van der Waals surface area (Å²) in [4.78, 5) is 9.25. The van der Waals surface area contributed by atoms with Crippen LogP contribution in [0.5, 0.6) is 11.5 Å². The van der Waals surface area contributed by atoms with Gasteiger partial charge in [0.2, 0.25) is 6.79 Å². The average molecular weight is 350 g/mol. The van der Waals surface area contributed by atoms with Crippen LogP contribution < -0.4 is 14.8 Å². The highest BCUT2D eigenvalue weighted by Gasteiger charge is 2.18. The number of hydrogen-bond acceptors (Lipinski definition) is 5. The molecule has 5 nitrogen and oxygen atoms in total. The minimum atomic E-state index is 0.263. The molecule has 110 valence electrons. The van der Waals surface area contributed by atoms with Gasteiger partial charge in [0, 0.05) is 12.6 Å². The molecule has 0 aliphatic carbocycles. The Labute approximate surface area is 131 Å². The normalized spacial score (nSPS) is 12.8. The van der Waals surface area contributed by atoms with Crippen molar-refractivity contribution >= 4 is 21.7 Å². The fourth-order valence-electron chi connectivity index (χ4n) is 2.18. The second-order valence-corrected chi connectivity index (χ2v) is 5.86. The average Bonchev–Trinajstić information content (AvgIpc) is 2.94. The van der Waals surface area contributed by atoms with Crippen LogP contribution >= 0.6 is 15.9 Å². The van der Waals surface area contributed by atoms with Crippen LogP contribution in [0.4, 0.5) is 5.82 Å². The van der Waals surface area contributed by atoms with Crippen LogP contribution in [0, 0.1) is 0 Å².